The second kappa shape index (κ2) is 4.35. The summed E-state index contributed by atoms with van der Waals surface area (Å²) in [6.07, 6.45) is 9.02. The summed E-state index contributed by atoms with van der Waals surface area (Å²) in [5.41, 5.74) is 4.46. The molecule has 1 heterocycles. The minimum absolute atomic E-state index is 0.0730. The lowest BCUT2D eigenvalue weighted by atomic mass is 9.55. The highest BCUT2D eigenvalue weighted by Gasteiger charge is 2.54. The molecule has 3 heteroatoms. The van der Waals surface area contributed by atoms with Gasteiger partial charge in [-0.2, -0.15) is 5.10 Å². The lowest BCUT2D eigenvalue weighted by molar-refractivity contribution is -0.0225. The summed E-state index contributed by atoms with van der Waals surface area (Å²) in [6.45, 7) is 2.35. The van der Waals surface area contributed by atoms with E-state index in [1.54, 1.807) is 5.56 Å². The Kier molecular flexibility index (Phi) is 2.59. The molecule has 0 amide bonds. The monoisotopic (exact) mass is 296 g/mol. The van der Waals surface area contributed by atoms with Gasteiger partial charge in [-0.15, -0.1) is 0 Å². The van der Waals surface area contributed by atoms with Crippen molar-refractivity contribution in [1.29, 1.82) is 0 Å². The van der Waals surface area contributed by atoms with Gasteiger partial charge in [0.2, 0.25) is 0 Å². The first-order chi connectivity index (χ1) is 10.7. The fraction of sp³-hybridized carbons (Fsp3) is 0.632. The highest BCUT2D eigenvalue weighted by atomic mass is 16.3. The molecule has 2 fully saturated rings. The van der Waals surface area contributed by atoms with Crippen LogP contribution >= 0.6 is 0 Å². The molecule has 0 aliphatic heterocycles. The summed E-state index contributed by atoms with van der Waals surface area (Å²) in [5.74, 6) is 2.19. The zero-order valence-electron chi connectivity index (χ0n) is 13.2. The number of fused-ring (bicyclic) bond motifs is 6. The van der Waals surface area contributed by atoms with Crippen molar-refractivity contribution in [2.75, 3.05) is 0 Å². The lowest BCUT2D eigenvalue weighted by Gasteiger charge is -2.50. The molecule has 0 bridgehead atoms. The van der Waals surface area contributed by atoms with Gasteiger partial charge in [0.1, 0.15) is 0 Å². The molecule has 5 rings (SSSR count). The number of benzene rings is 1. The standard InChI is InChI=1S/C19H24N2O/c1-19-7-6-13-14(16(19)4-5-18(19)22)3-2-11-9-17-12(8-15(11)13)10-20-21-17/h8-10,13-14,16,18,22H,2-7H2,1H3,(H,20,21)/t13-,14+,16-,18-,19-/m0/s1. The van der Waals surface area contributed by atoms with Crippen molar-refractivity contribution in [3.05, 3.63) is 29.5 Å². The third-order valence-corrected chi connectivity index (χ3v) is 7.23. The number of aromatic amines is 1. The minimum atomic E-state index is -0.0730. The molecule has 1 aromatic carbocycles. The summed E-state index contributed by atoms with van der Waals surface area (Å²) in [4.78, 5) is 0. The van der Waals surface area contributed by atoms with Gasteiger partial charge in [0, 0.05) is 5.39 Å². The summed E-state index contributed by atoms with van der Waals surface area (Å²) < 4.78 is 0. The fourth-order valence-electron chi connectivity index (χ4n) is 5.99. The molecule has 3 nitrogen and oxygen atoms in total. The van der Waals surface area contributed by atoms with Gasteiger partial charge in [-0.3, -0.25) is 5.10 Å². The molecule has 2 saturated carbocycles. The average molecular weight is 296 g/mol. The van der Waals surface area contributed by atoms with Crippen LogP contribution in [0.2, 0.25) is 0 Å². The van der Waals surface area contributed by atoms with Crippen LogP contribution in [0.5, 0.6) is 0 Å². The second-order valence-electron chi connectivity index (χ2n) is 8.06. The number of aliphatic hydroxyl groups excluding tert-OH is 1. The van der Waals surface area contributed by atoms with Crippen LogP contribution < -0.4 is 0 Å². The Hall–Kier alpha value is -1.35. The van der Waals surface area contributed by atoms with E-state index >= 15 is 0 Å². The fourth-order valence-corrected chi connectivity index (χ4v) is 5.99. The van der Waals surface area contributed by atoms with E-state index < -0.39 is 0 Å². The Labute approximate surface area is 131 Å². The Balaban J connectivity index is 1.59. The van der Waals surface area contributed by atoms with Gasteiger partial charge in [0.05, 0.1) is 17.8 Å². The highest BCUT2D eigenvalue weighted by Crippen LogP contribution is 2.60. The van der Waals surface area contributed by atoms with Crippen LogP contribution in [0.4, 0.5) is 0 Å². The summed E-state index contributed by atoms with van der Waals surface area (Å²) in [5, 5.41) is 19.0. The van der Waals surface area contributed by atoms with Gasteiger partial charge in [-0.25, -0.2) is 0 Å². The maximum Gasteiger partial charge on any atom is 0.0653 e. The smallest absolute Gasteiger partial charge is 0.0653 e. The number of H-pyrrole nitrogens is 1. The average Bonchev–Trinajstić information content (AvgIpc) is 3.09. The van der Waals surface area contributed by atoms with Crippen LogP contribution in [0.25, 0.3) is 10.9 Å². The predicted molar refractivity (Wildman–Crippen MR) is 86.7 cm³/mol. The molecule has 2 aromatic rings. The molecule has 2 N–H and O–H groups in total. The lowest BCUT2D eigenvalue weighted by Crippen LogP contribution is -2.43. The zero-order chi connectivity index (χ0) is 14.9. The number of nitrogens with one attached hydrogen (secondary N) is 1. The van der Waals surface area contributed by atoms with Crippen LogP contribution in [0.15, 0.2) is 18.3 Å². The number of aryl methyl sites for hydroxylation is 1. The van der Waals surface area contributed by atoms with Crippen molar-refractivity contribution in [1.82, 2.24) is 10.2 Å². The van der Waals surface area contributed by atoms with Gasteiger partial charge >= 0.3 is 0 Å². The van der Waals surface area contributed by atoms with Crippen LogP contribution in [-0.4, -0.2) is 21.4 Å². The van der Waals surface area contributed by atoms with E-state index in [2.05, 4.69) is 29.3 Å². The van der Waals surface area contributed by atoms with E-state index in [0.717, 1.165) is 18.3 Å². The normalized spacial score (nSPS) is 40.3. The SMILES string of the molecule is C[C@]12CC[C@@H]3c4cc5cn[nH]c5cc4CC[C@H]3[C@@H]1CC[C@@H]2O. The maximum absolute atomic E-state index is 10.5. The predicted octanol–water partition coefficient (Wildman–Crippen LogP) is 3.78. The third kappa shape index (κ3) is 1.58. The number of hydrogen-bond acceptors (Lipinski definition) is 2. The topological polar surface area (TPSA) is 48.9 Å². The molecule has 1 aromatic heterocycles. The Bertz CT molecular complexity index is 736. The number of aliphatic hydroxyl groups is 1. The molecule has 3 aliphatic carbocycles. The van der Waals surface area contributed by atoms with Gasteiger partial charge in [0.25, 0.3) is 0 Å². The van der Waals surface area contributed by atoms with E-state index in [4.69, 9.17) is 0 Å². The van der Waals surface area contributed by atoms with Crippen molar-refractivity contribution in [2.24, 2.45) is 17.3 Å². The third-order valence-electron chi connectivity index (χ3n) is 7.23. The molecular weight excluding hydrogens is 272 g/mol. The van der Waals surface area contributed by atoms with Crippen molar-refractivity contribution >= 4 is 10.9 Å². The molecule has 0 radical (unpaired) electrons. The Morgan fingerprint density at radius 1 is 1.23 bits per heavy atom. The molecule has 0 unspecified atom stereocenters. The van der Waals surface area contributed by atoms with Gasteiger partial charge in [-0.1, -0.05) is 6.92 Å². The number of rotatable bonds is 0. The first-order valence-corrected chi connectivity index (χ1v) is 8.81. The van der Waals surface area contributed by atoms with Crippen molar-refractivity contribution < 1.29 is 5.11 Å². The van der Waals surface area contributed by atoms with E-state index in [1.165, 1.54) is 48.6 Å². The Morgan fingerprint density at radius 2 is 2.14 bits per heavy atom. The van der Waals surface area contributed by atoms with Crippen LogP contribution in [-0.2, 0) is 6.42 Å². The summed E-state index contributed by atoms with van der Waals surface area (Å²) in [7, 11) is 0. The summed E-state index contributed by atoms with van der Waals surface area (Å²) >= 11 is 0. The van der Waals surface area contributed by atoms with Gasteiger partial charge in [-0.05, 0) is 85.0 Å². The van der Waals surface area contributed by atoms with Gasteiger partial charge < -0.3 is 5.11 Å². The largest absolute Gasteiger partial charge is 0.393 e. The van der Waals surface area contributed by atoms with Crippen molar-refractivity contribution in [2.45, 2.75) is 57.5 Å². The molecule has 0 spiro atoms. The van der Waals surface area contributed by atoms with E-state index in [0.29, 0.717) is 5.92 Å². The van der Waals surface area contributed by atoms with Crippen molar-refractivity contribution in [3.8, 4) is 0 Å². The van der Waals surface area contributed by atoms with E-state index in [-0.39, 0.29) is 11.5 Å². The first-order valence-electron chi connectivity index (χ1n) is 8.81. The van der Waals surface area contributed by atoms with E-state index in [1.807, 2.05) is 6.20 Å². The van der Waals surface area contributed by atoms with Crippen LogP contribution in [0.1, 0.15) is 56.1 Å². The molecular formula is C19H24N2O. The molecule has 22 heavy (non-hydrogen) atoms. The molecule has 0 saturated heterocycles. The zero-order valence-corrected chi connectivity index (χ0v) is 13.2. The molecule has 5 atom stereocenters. The highest BCUT2D eigenvalue weighted by molar-refractivity contribution is 5.80. The number of aromatic nitrogens is 2. The van der Waals surface area contributed by atoms with E-state index in [9.17, 15) is 5.11 Å². The molecule has 116 valence electrons. The minimum Gasteiger partial charge on any atom is -0.393 e. The van der Waals surface area contributed by atoms with Crippen LogP contribution in [0.3, 0.4) is 0 Å². The second-order valence-corrected chi connectivity index (χ2v) is 8.06. The quantitative estimate of drug-likeness (QED) is 0.777. The summed E-state index contributed by atoms with van der Waals surface area (Å²) in [6, 6.07) is 4.71. The van der Waals surface area contributed by atoms with Crippen molar-refractivity contribution in [3.63, 3.8) is 0 Å². The maximum atomic E-state index is 10.5. The number of nitrogens with zero attached hydrogens (tertiary/aromatic N) is 1. The van der Waals surface area contributed by atoms with Gasteiger partial charge in [0.15, 0.2) is 0 Å². The number of hydrogen-bond donors (Lipinski definition) is 2. The van der Waals surface area contributed by atoms with Crippen LogP contribution in [0, 0.1) is 17.3 Å². The first kappa shape index (κ1) is 13.1. The molecule has 3 aliphatic rings. The Morgan fingerprint density at radius 3 is 3.05 bits per heavy atom.